The minimum absolute atomic E-state index is 0. The van der Waals surface area contributed by atoms with Gasteiger partial charge in [0.25, 0.3) is 0 Å². The van der Waals surface area contributed by atoms with Gasteiger partial charge in [-0.05, 0) is 60.7 Å². The molecule has 0 aliphatic heterocycles. The Morgan fingerprint density at radius 1 is 0.473 bits per heavy atom. The van der Waals surface area contributed by atoms with E-state index in [0.717, 1.165) is 30.3 Å². The molecular weight excluding hydrogens is 1230 g/mol. The summed E-state index contributed by atoms with van der Waals surface area (Å²) >= 11 is 0.192. The van der Waals surface area contributed by atoms with Gasteiger partial charge in [0.1, 0.15) is 64.5 Å². The van der Waals surface area contributed by atoms with Crippen molar-refractivity contribution in [2.24, 2.45) is 30.7 Å². The summed E-state index contributed by atoms with van der Waals surface area (Å²) in [5.41, 5.74) is 6.42. The van der Waals surface area contributed by atoms with E-state index in [1.807, 2.05) is 0 Å². The number of nitrogens with two attached hydrogens (primary N) is 2. The van der Waals surface area contributed by atoms with Gasteiger partial charge in [-0.25, -0.2) is 50.5 Å². The molecule has 74 heavy (non-hydrogen) atoms. The van der Waals surface area contributed by atoms with Crippen LogP contribution in [-0.4, -0.2) is 93.4 Å². The molecule has 4 rings (SSSR count). The molecule has 0 aliphatic rings. The van der Waals surface area contributed by atoms with Crippen LogP contribution in [0.2, 0.25) is 0 Å². The molecule has 46 heteroatoms. The number of hydrogen-bond donors (Lipinski definition) is 2. The van der Waals surface area contributed by atoms with Gasteiger partial charge in [0.2, 0.25) is 10.4 Å². The van der Waals surface area contributed by atoms with Gasteiger partial charge in [-0.3, -0.25) is 18.4 Å². The van der Waals surface area contributed by atoms with Crippen LogP contribution in [0.3, 0.4) is 0 Å². The smallest absolute Gasteiger partial charge is 0.744 e. The zero-order valence-electron chi connectivity index (χ0n) is 38.5. The van der Waals surface area contributed by atoms with Crippen LogP contribution < -0.4 is 199 Å². The van der Waals surface area contributed by atoms with Crippen LogP contribution in [0.15, 0.2) is 121 Å². The standard InChI is InChI=1S/C28H28N8O24S8.6Na/c29-26-21(34-31-18-4-2-16(12-24(18)66(46,47)48)63(39,40)9-7-55-62-60-58-38)14-22(35-33-20-11-15(61-59-57-37)1-6-23(20)65(43,44)45)27(30)28(26)36-32-19-5-3-17(13-25(19)67(49,50)51)64(41,42)10-8-56-68(52,53)54;;;;;;/h1-6,11-14,37-38H,7-10,29-30H2,(H,43,44,45)(H,46,47,48)(H,49,50,51)(H,52,53,54);;;;;;/q;6*+1/p-6. The van der Waals surface area contributed by atoms with Gasteiger partial charge < -0.3 is 40.2 Å². The number of hydrogen-bond acceptors (Lipinski definition) is 34. The molecule has 0 amide bonds. The predicted molar refractivity (Wildman–Crippen MR) is 215 cm³/mol. The molecule has 0 bridgehead atoms. The molecule has 4 N–H and O–H groups in total. The Labute approximate surface area is 561 Å². The van der Waals surface area contributed by atoms with Crippen molar-refractivity contribution in [3.05, 3.63) is 60.7 Å². The van der Waals surface area contributed by atoms with E-state index >= 15 is 0 Å². The third-order valence-electron chi connectivity index (χ3n) is 7.72. The van der Waals surface area contributed by atoms with E-state index in [0.29, 0.717) is 30.3 Å². The molecule has 0 fully saturated rings. The van der Waals surface area contributed by atoms with E-state index in [1.54, 1.807) is 0 Å². The van der Waals surface area contributed by atoms with Crippen molar-refractivity contribution in [2.75, 3.05) is 36.2 Å². The first-order chi connectivity index (χ1) is 31.5. The summed E-state index contributed by atoms with van der Waals surface area (Å²) in [5, 5.41) is 48.7. The first kappa shape index (κ1) is 79.4. The molecular formula is C28H22N8Na6O24S8. The Kier molecular flexibility index (Phi) is 37.1. The molecule has 372 valence electrons. The Bertz CT molecular complexity index is 3370. The van der Waals surface area contributed by atoms with Gasteiger partial charge in [-0.1, -0.05) is 0 Å². The van der Waals surface area contributed by atoms with Gasteiger partial charge in [-0.2, -0.15) is 4.33 Å². The maximum absolute atomic E-state index is 12.8. The third kappa shape index (κ3) is 24.3. The molecule has 0 spiro atoms. The van der Waals surface area contributed by atoms with Crippen molar-refractivity contribution in [1.82, 2.24) is 0 Å². The minimum Gasteiger partial charge on any atom is -0.744 e. The van der Waals surface area contributed by atoms with E-state index < -0.39 is 155 Å². The summed E-state index contributed by atoms with van der Waals surface area (Å²) in [6.07, 6.45) is 0. The van der Waals surface area contributed by atoms with Crippen LogP contribution in [0.1, 0.15) is 0 Å². The monoisotopic (exact) mass is 1250 g/mol. The van der Waals surface area contributed by atoms with Crippen molar-refractivity contribution >= 4 is 130 Å². The third-order valence-corrected chi connectivity index (χ3v) is 15.1. The number of sulfone groups is 2. The van der Waals surface area contributed by atoms with Gasteiger partial charge in [-0.15, -0.1) is 35.0 Å². The summed E-state index contributed by atoms with van der Waals surface area (Å²) in [6, 6.07) is 6.89. The van der Waals surface area contributed by atoms with Crippen LogP contribution >= 0.6 is 24.4 Å². The summed E-state index contributed by atoms with van der Waals surface area (Å²) in [6.45, 7) is -1.85. The molecule has 4 aromatic carbocycles. The first-order valence-electron chi connectivity index (χ1n) is 16.7. The Hall–Kier alpha value is 1.20. The summed E-state index contributed by atoms with van der Waals surface area (Å²) in [4.78, 5) is -5.40. The number of nitrogens with zero attached hydrogens (tertiary/aromatic N) is 6. The predicted octanol–water partition coefficient (Wildman–Crippen LogP) is -17.1. The van der Waals surface area contributed by atoms with Crippen molar-refractivity contribution in [3.8, 4) is 0 Å². The molecule has 0 unspecified atom stereocenters. The van der Waals surface area contributed by atoms with Crippen LogP contribution in [0.5, 0.6) is 0 Å². The average molecular weight is 1250 g/mol. The molecule has 0 radical (unpaired) electrons. The molecule has 0 saturated carbocycles. The van der Waals surface area contributed by atoms with Gasteiger partial charge in [0.15, 0.2) is 32.0 Å². The second kappa shape index (κ2) is 34.6. The fourth-order valence-corrected chi connectivity index (χ4v) is 10.1. The first-order valence-corrected chi connectivity index (χ1v) is 27.0. The normalized spacial score (nSPS) is 12.2. The van der Waals surface area contributed by atoms with Crippen molar-refractivity contribution < 1.29 is 284 Å². The SMILES string of the molecule is Nc1c(N=Nc2cc(SOO[O-])ccc2S(=O)(=O)[O-])cc(N=Nc2ccc(S(=O)(=O)CCOSOO[O-])cc2S(=O)(=O)[O-])c(N)c1N=Nc1ccc(S(=O)(=O)CCOS(=O)(=O)[O-])cc1S(=O)(=O)[O-].[Na+].[Na+].[Na+].[Na+].[Na+].[Na+]. The van der Waals surface area contributed by atoms with Crippen LogP contribution in [0.4, 0.5) is 45.5 Å². The zero-order chi connectivity index (χ0) is 50.9. The zero-order valence-corrected chi connectivity index (χ0v) is 57.0. The minimum atomic E-state index is -5.67. The van der Waals surface area contributed by atoms with Crippen molar-refractivity contribution in [1.29, 1.82) is 0 Å². The maximum atomic E-state index is 12.8. The molecule has 32 nitrogen and oxygen atoms in total. The van der Waals surface area contributed by atoms with E-state index in [2.05, 4.69) is 57.8 Å². The number of anilines is 2. The van der Waals surface area contributed by atoms with Crippen LogP contribution in [0.25, 0.3) is 0 Å². The molecule has 4 aromatic rings. The van der Waals surface area contributed by atoms with Crippen LogP contribution in [0, 0.1) is 0 Å². The van der Waals surface area contributed by atoms with E-state index in [9.17, 15) is 79.2 Å². The van der Waals surface area contributed by atoms with Crippen LogP contribution in [-0.2, 0) is 87.5 Å². The number of rotatable bonds is 24. The Balaban J connectivity index is -0.00000840. The maximum Gasteiger partial charge on any atom is 1.00 e. The van der Waals surface area contributed by atoms with Crippen molar-refractivity contribution in [2.45, 2.75) is 29.4 Å². The molecule has 0 aliphatic carbocycles. The summed E-state index contributed by atoms with van der Waals surface area (Å²) in [5.74, 6) is -2.06. The Morgan fingerprint density at radius 2 is 0.892 bits per heavy atom. The second-order valence-electron chi connectivity index (χ2n) is 12.1. The average Bonchev–Trinajstić information content (AvgIpc) is 3.23. The number of azo groups is 3. The number of benzene rings is 4. The number of nitrogen functional groups attached to an aromatic ring is 2. The van der Waals surface area contributed by atoms with Gasteiger partial charge in [0.05, 0.1) is 72.6 Å². The molecule has 0 atom stereocenters. The van der Waals surface area contributed by atoms with E-state index in [-0.39, 0.29) is 207 Å². The Morgan fingerprint density at radius 3 is 1.32 bits per heavy atom. The summed E-state index contributed by atoms with van der Waals surface area (Å²) in [7, 11) is -31.0. The molecule has 0 saturated heterocycles. The van der Waals surface area contributed by atoms with Crippen molar-refractivity contribution in [3.63, 3.8) is 0 Å². The van der Waals surface area contributed by atoms with E-state index in [4.69, 9.17) is 11.5 Å². The van der Waals surface area contributed by atoms with E-state index in [1.165, 1.54) is 0 Å². The fourth-order valence-electron chi connectivity index (χ4n) is 4.79. The quantitative estimate of drug-likeness (QED) is 0.00757. The topological polar surface area (TPSA) is 525 Å². The molecule has 0 heterocycles. The van der Waals surface area contributed by atoms with Gasteiger partial charge >= 0.3 is 177 Å². The summed E-state index contributed by atoms with van der Waals surface area (Å²) < 4.78 is 210. The molecule has 0 aromatic heterocycles. The largest absolute Gasteiger partial charge is 1.00 e. The fraction of sp³-hybridized carbons (Fsp3) is 0.143. The second-order valence-corrected chi connectivity index (χ2v) is 22.7. The van der Waals surface area contributed by atoms with Gasteiger partial charge in [0, 0.05) is 4.90 Å².